The van der Waals surface area contributed by atoms with Crippen molar-refractivity contribution in [1.29, 1.82) is 0 Å². The lowest BCUT2D eigenvalue weighted by Gasteiger charge is -2.36. The van der Waals surface area contributed by atoms with Crippen LogP contribution in [0.1, 0.15) is 37.1 Å². The second kappa shape index (κ2) is 6.99. The van der Waals surface area contributed by atoms with Gasteiger partial charge in [0.05, 0.1) is 11.7 Å². The smallest absolute Gasteiger partial charge is 0.105 e. The van der Waals surface area contributed by atoms with Gasteiger partial charge in [0.1, 0.15) is 16.9 Å². The zero-order valence-electron chi connectivity index (χ0n) is 14.1. The number of fused-ring (bicyclic) bond motifs is 1. The molecule has 1 aliphatic rings. The molecule has 2 aromatic heterocycles. The second-order valence-electron chi connectivity index (χ2n) is 6.66. The van der Waals surface area contributed by atoms with Gasteiger partial charge in [-0.3, -0.25) is 4.90 Å². The molecule has 0 bridgehead atoms. The molecule has 0 spiro atoms. The molecule has 1 aromatic carbocycles. The molecule has 1 aliphatic heterocycles. The molecule has 6 heteroatoms. The zero-order chi connectivity index (χ0) is 16.4. The number of imidazole rings is 1. The number of likely N-dealkylation sites (tertiary alicyclic amines) is 1. The van der Waals surface area contributed by atoms with Crippen LogP contribution in [-0.4, -0.2) is 35.8 Å². The van der Waals surface area contributed by atoms with Gasteiger partial charge in [0, 0.05) is 31.5 Å². The molecule has 1 atom stereocenters. The van der Waals surface area contributed by atoms with E-state index in [4.69, 9.17) is 0 Å². The summed E-state index contributed by atoms with van der Waals surface area (Å²) >= 11 is 1.29. The first kappa shape index (κ1) is 15.7. The lowest BCUT2D eigenvalue weighted by atomic mass is 9.98. The van der Waals surface area contributed by atoms with E-state index in [9.17, 15) is 0 Å². The summed E-state index contributed by atoms with van der Waals surface area (Å²) in [5, 5.41) is 0. The summed E-state index contributed by atoms with van der Waals surface area (Å²) in [5.41, 5.74) is 3.38. The fraction of sp³-hybridized carbons (Fsp3) is 0.500. The van der Waals surface area contributed by atoms with Crippen molar-refractivity contribution in [2.45, 2.75) is 51.7 Å². The molecule has 0 unspecified atom stereocenters. The summed E-state index contributed by atoms with van der Waals surface area (Å²) in [7, 11) is 0. The molecular formula is C18H23N5S. The highest BCUT2D eigenvalue weighted by atomic mass is 32.1. The van der Waals surface area contributed by atoms with Crippen LogP contribution >= 0.6 is 11.7 Å². The van der Waals surface area contributed by atoms with Gasteiger partial charge in [-0.1, -0.05) is 12.5 Å². The van der Waals surface area contributed by atoms with Gasteiger partial charge in [0.2, 0.25) is 0 Å². The maximum absolute atomic E-state index is 4.37. The standard InChI is InChI=1S/C18H23N5S/c1-14-19-8-11-22(14)10-7-16-4-2-3-9-23(16)13-15-5-6-17-18(12-15)21-24-20-17/h5-6,8,11-12,16H,2-4,7,9-10,13H2,1H3/t16-/m0/s1. The highest BCUT2D eigenvalue weighted by Gasteiger charge is 2.22. The van der Waals surface area contributed by atoms with Crippen LogP contribution in [0.15, 0.2) is 30.6 Å². The molecule has 4 rings (SSSR count). The fourth-order valence-electron chi connectivity index (χ4n) is 3.68. The van der Waals surface area contributed by atoms with E-state index < -0.39 is 0 Å². The minimum Gasteiger partial charge on any atom is -0.335 e. The molecule has 0 N–H and O–H groups in total. The average Bonchev–Trinajstić information content (AvgIpc) is 3.22. The van der Waals surface area contributed by atoms with Gasteiger partial charge in [-0.25, -0.2) is 4.98 Å². The first-order valence-electron chi connectivity index (χ1n) is 8.72. The SMILES string of the molecule is Cc1nccn1CC[C@@H]1CCCCN1Cc1ccc2nsnc2c1. The molecule has 3 heterocycles. The van der Waals surface area contributed by atoms with E-state index in [1.165, 1.54) is 49.5 Å². The minimum atomic E-state index is 0.657. The summed E-state index contributed by atoms with van der Waals surface area (Å²) < 4.78 is 10.9. The highest BCUT2D eigenvalue weighted by Crippen LogP contribution is 2.24. The highest BCUT2D eigenvalue weighted by molar-refractivity contribution is 7.00. The number of piperidine rings is 1. The van der Waals surface area contributed by atoms with E-state index in [0.717, 1.165) is 29.9 Å². The van der Waals surface area contributed by atoms with Gasteiger partial charge in [-0.2, -0.15) is 8.75 Å². The maximum Gasteiger partial charge on any atom is 0.105 e. The molecule has 0 amide bonds. The van der Waals surface area contributed by atoms with Gasteiger partial charge in [-0.05, 0) is 50.4 Å². The number of hydrogen-bond donors (Lipinski definition) is 0. The molecule has 1 saturated heterocycles. The Morgan fingerprint density at radius 1 is 1.21 bits per heavy atom. The summed E-state index contributed by atoms with van der Waals surface area (Å²) in [6, 6.07) is 7.16. The fourth-order valence-corrected chi connectivity index (χ4v) is 4.20. The predicted octanol–water partition coefficient (Wildman–Crippen LogP) is 3.64. The van der Waals surface area contributed by atoms with Crippen molar-refractivity contribution in [3.8, 4) is 0 Å². The van der Waals surface area contributed by atoms with Crippen LogP contribution < -0.4 is 0 Å². The van der Waals surface area contributed by atoms with Crippen molar-refractivity contribution < 1.29 is 0 Å². The van der Waals surface area contributed by atoms with Crippen LogP contribution in [0.3, 0.4) is 0 Å². The molecule has 126 valence electrons. The van der Waals surface area contributed by atoms with Crippen molar-refractivity contribution >= 4 is 22.8 Å². The van der Waals surface area contributed by atoms with E-state index in [1.54, 1.807) is 0 Å². The molecular weight excluding hydrogens is 318 g/mol. The van der Waals surface area contributed by atoms with E-state index in [2.05, 4.69) is 54.5 Å². The van der Waals surface area contributed by atoms with Gasteiger partial charge < -0.3 is 4.57 Å². The number of nitrogens with zero attached hydrogens (tertiary/aromatic N) is 5. The van der Waals surface area contributed by atoms with Crippen molar-refractivity contribution in [2.24, 2.45) is 0 Å². The average molecular weight is 341 g/mol. The Balaban J connectivity index is 1.44. The quantitative estimate of drug-likeness (QED) is 0.711. The molecule has 3 aromatic rings. The Labute approximate surface area is 146 Å². The van der Waals surface area contributed by atoms with Crippen LogP contribution in [-0.2, 0) is 13.1 Å². The van der Waals surface area contributed by atoms with Gasteiger partial charge >= 0.3 is 0 Å². The van der Waals surface area contributed by atoms with Crippen molar-refractivity contribution in [1.82, 2.24) is 23.2 Å². The van der Waals surface area contributed by atoms with Gasteiger partial charge in [0.25, 0.3) is 0 Å². The van der Waals surface area contributed by atoms with Crippen LogP contribution in [0.25, 0.3) is 11.0 Å². The Kier molecular flexibility index (Phi) is 4.58. The summed E-state index contributed by atoms with van der Waals surface area (Å²) in [4.78, 5) is 6.98. The number of aryl methyl sites for hydroxylation is 2. The van der Waals surface area contributed by atoms with E-state index >= 15 is 0 Å². The van der Waals surface area contributed by atoms with Crippen LogP contribution in [0, 0.1) is 6.92 Å². The Morgan fingerprint density at radius 2 is 2.12 bits per heavy atom. The van der Waals surface area contributed by atoms with Crippen LogP contribution in [0.4, 0.5) is 0 Å². The summed E-state index contributed by atoms with van der Waals surface area (Å²) in [5.74, 6) is 1.11. The molecule has 1 fully saturated rings. The Bertz CT molecular complexity index is 808. The van der Waals surface area contributed by atoms with E-state index in [-0.39, 0.29) is 0 Å². The van der Waals surface area contributed by atoms with Crippen molar-refractivity contribution in [3.05, 3.63) is 42.0 Å². The molecule has 0 saturated carbocycles. The largest absolute Gasteiger partial charge is 0.335 e. The minimum absolute atomic E-state index is 0.657. The third-order valence-corrected chi connectivity index (χ3v) is 5.64. The summed E-state index contributed by atoms with van der Waals surface area (Å²) in [6.45, 7) is 5.35. The lowest BCUT2D eigenvalue weighted by molar-refractivity contribution is 0.128. The van der Waals surface area contributed by atoms with Gasteiger partial charge in [-0.15, -0.1) is 0 Å². The molecule has 0 radical (unpaired) electrons. The second-order valence-corrected chi connectivity index (χ2v) is 7.19. The summed E-state index contributed by atoms with van der Waals surface area (Å²) in [6.07, 6.45) is 9.13. The van der Waals surface area contributed by atoms with Gasteiger partial charge in [0.15, 0.2) is 0 Å². The number of aromatic nitrogens is 4. The van der Waals surface area contributed by atoms with E-state index in [0.29, 0.717) is 6.04 Å². The topological polar surface area (TPSA) is 46.8 Å². The van der Waals surface area contributed by atoms with Crippen LogP contribution in [0.5, 0.6) is 0 Å². The normalized spacial score (nSPS) is 19.1. The molecule has 5 nitrogen and oxygen atoms in total. The maximum atomic E-state index is 4.37. The Morgan fingerprint density at radius 3 is 3.00 bits per heavy atom. The molecule has 0 aliphatic carbocycles. The predicted molar refractivity (Wildman–Crippen MR) is 97.0 cm³/mol. The Hall–Kier alpha value is -1.79. The zero-order valence-corrected chi connectivity index (χ0v) is 14.9. The number of rotatable bonds is 5. The number of benzene rings is 1. The monoisotopic (exact) mass is 341 g/mol. The first-order valence-corrected chi connectivity index (χ1v) is 9.45. The van der Waals surface area contributed by atoms with Crippen LogP contribution in [0.2, 0.25) is 0 Å². The third kappa shape index (κ3) is 3.35. The third-order valence-electron chi connectivity index (χ3n) is 5.08. The first-order chi connectivity index (χ1) is 11.8. The van der Waals surface area contributed by atoms with Crippen molar-refractivity contribution in [2.75, 3.05) is 6.54 Å². The van der Waals surface area contributed by atoms with E-state index in [1.807, 2.05) is 6.20 Å². The number of hydrogen-bond acceptors (Lipinski definition) is 5. The lowest BCUT2D eigenvalue weighted by Crippen LogP contribution is -2.39. The molecule has 24 heavy (non-hydrogen) atoms. The van der Waals surface area contributed by atoms with Crippen molar-refractivity contribution in [3.63, 3.8) is 0 Å².